The van der Waals surface area contributed by atoms with E-state index < -0.39 is 63.1 Å². The highest BCUT2D eigenvalue weighted by Gasteiger charge is 2.41. The maximum absolute atomic E-state index is 16.3. The summed E-state index contributed by atoms with van der Waals surface area (Å²) < 4.78 is 85.3. The van der Waals surface area contributed by atoms with Crippen LogP contribution < -0.4 is 25.8 Å². The Hall–Kier alpha value is -3.52. The van der Waals surface area contributed by atoms with Gasteiger partial charge in [-0.05, 0) is 57.7 Å². The van der Waals surface area contributed by atoms with Crippen LogP contribution in [0.2, 0.25) is 0 Å². The Kier molecular flexibility index (Phi) is 9.26. The van der Waals surface area contributed by atoms with Gasteiger partial charge in [-0.2, -0.15) is 23.1 Å². The van der Waals surface area contributed by atoms with Crippen molar-refractivity contribution in [3.05, 3.63) is 28.8 Å². The molecule has 5 rings (SSSR count). The van der Waals surface area contributed by atoms with Gasteiger partial charge in [0.25, 0.3) is 0 Å². The molecule has 2 aliphatic rings. The van der Waals surface area contributed by atoms with E-state index >= 15 is 4.39 Å². The second kappa shape index (κ2) is 12.4. The van der Waals surface area contributed by atoms with Crippen LogP contribution in [0.25, 0.3) is 22.2 Å². The molecule has 42 heavy (non-hydrogen) atoms. The molecular weight excluding hydrogens is 563 g/mol. The SMILES string of the molecule is CC.Cc1c(F)c(N)cc(-c2nc3c4c(nc(OC5(CO)CCC5)nc4c2F)NCCNCCC(C)O3)c1C(F)(F)F. The predicted molar refractivity (Wildman–Crippen MR) is 149 cm³/mol. The van der Waals surface area contributed by atoms with Crippen LogP contribution in [0.3, 0.4) is 0 Å². The number of nitrogen functional groups attached to an aromatic ring is 1. The van der Waals surface area contributed by atoms with Crippen LogP contribution in [0.5, 0.6) is 11.9 Å². The summed E-state index contributed by atoms with van der Waals surface area (Å²) in [5.74, 6) is -2.58. The lowest BCUT2D eigenvalue weighted by Crippen LogP contribution is -2.47. The highest BCUT2D eigenvalue weighted by Crippen LogP contribution is 2.45. The number of nitrogens with two attached hydrogens (primary N) is 1. The van der Waals surface area contributed by atoms with Crippen LogP contribution in [0.1, 0.15) is 57.6 Å². The smallest absolute Gasteiger partial charge is 0.417 e. The highest BCUT2D eigenvalue weighted by atomic mass is 19.4. The van der Waals surface area contributed by atoms with Gasteiger partial charge in [-0.3, -0.25) is 0 Å². The minimum Gasteiger partial charge on any atom is -0.474 e. The number of aliphatic hydroxyl groups is 1. The molecule has 1 aromatic carbocycles. The molecule has 0 radical (unpaired) electrons. The summed E-state index contributed by atoms with van der Waals surface area (Å²) in [6.45, 7) is 7.80. The standard InChI is InChI=1S/C26H29F5N6O3.C2H6/c1-12-4-7-33-8-9-34-22-16-21(36-24(37-22)40-25(11-38)5-3-6-25)19(28)20(35-23(16)39-12)14-10-15(32)18(27)13(2)17(14)26(29,30)31;1-2/h10,12,33,38H,3-9,11,32H2,1-2H3,(H,34,36,37);1-2H3. The van der Waals surface area contributed by atoms with E-state index in [9.17, 15) is 22.7 Å². The third-order valence-electron chi connectivity index (χ3n) is 7.29. The molecular formula is C28H35F5N6O3. The van der Waals surface area contributed by atoms with Crippen LogP contribution in [0, 0.1) is 18.6 Å². The van der Waals surface area contributed by atoms with Crippen molar-refractivity contribution >= 4 is 22.4 Å². The number of nitrogens with zero attached hydrogens (tertiary/aromatic N) is 3. The van der Waals surface area contributed by atoms with E-state index in [-0.39, 0.29) is 29.7 Å². The van der Waals surface area contributed by atoms with Gasteiger partial charge in [-0.1, -0.05) is 13.8 Å². The topological polar surface area (TPSA) is 127 Å². The Morgan fingerprint density at radius 2 is 1.83 bits per heavy atom. The number of benzene rings is 1. The Labute approximate surface area is 240 Å². The third kappa shape index (κ3) is 6.00. The highest BCUT2D eigenvalue weighted by molar-refractivity contribution is 5.96. The molecule has 0 saturated heterocycles. The molecule has 1 unspecified atom stereocenters. The molecule has 2 aromatic heterocycles. The van der Waals surface area contributed by atoms with Gasteiger partial charge in [0.2, 0.25) is 5.88 Å². The Morgan fingerprint density at radius 1 is 1.12 bits per heavy atom. The molecule has 14 heteroatoms. The van der Waals surface area contributed by atoms with E-state index in [4.69, 9.17) is 15.2 Å². The van der Waals surface area contributed by atoms with Gasteiger partial charge < -0.3 is 30.9 Å². The fourth-order valence-electron chi connectivity index (χ4n) is 4.94. The van der Waals surface area contributed by atoms with Crippen molar-refractivity contribution in [2.75, 3.05) is 37.3 Å². The molecule has 0 bridgehead atoms. The zero-order chi connectivity index (χ0) is 30.8. The van der Waals surface area contributed by atoms with E-state index in [1.807, 2.05) is 13.8 Å². The molecule has 0 amide bonds. The normalized spacial score (nSPS) is 18.5. The summed E-state index contributed by atoms with van der Waals surface area (Å²) in [5.41, 5.74) is 0.00863. The maximum atomic E-state index is 16.3. The van der Waals surface area contributed by atoms with Crippen LogP contribution in [-0.2, 0) is 6.18 Å². The van der Waals surface area contributed by atoms with Gasteiger partial charge in [0.15, 0.2) is 5.82 Å². The van der Waals surface area contributed by atoms with Crippen molar-refractivity contribution in [3.8, 4) is 23.1 Å². The first-order valence-corrected chi connectivity index (χ1v) is 13.9. The lowest BCUT2D eigenvalue weighted by atomic mass is 9.81. The number of alkyl halides is 3. The van der Waals surface area contributed by atoms with Crippen molar-refractivity contribution in [2.24, 2.45) is 0 Å². The number of hydrogen-bond acceptors (Lipinski definition) is 9. The number of halogens is 5. The molecule has 3 heterocycles. The molecule has 1 atom stereocenters. The van der Waals surface area contributed by atoms with Gasteiger partial charge >= 0.3 is 12.2 Å². The van der Waals surface area contributed by atoms with E-state index in [0.29, 0.717) is 45.0 Å². The van der Waals surface area contributed by atoms with Crippen molar-refractivity contribution in [2.45, 2.75) is 71.3 Å². The molecule has 1 fully saturated rings. The van der Waals surface area contributed by atoms with Crippen LogP contribution in [0.4, 0.5) is 33.5 Å². The van der Waals surface area contributed by atoms with E-state index in [1.165, 1.54) is 0 Å². The number of ether oxygens (including phenoxy) is 2. The molecule has 0 spiro atoms. The van der Waals surface area contributed by atoms with Gasteiger partial charge in [0.1, 0.15) is 33.8 Å². The molecule has 9 nitrogen and oxygen atoms in total. The first kappa shape index (κ1) is 31.4. The molecule has 1 aliphatic heterocycles. The number of nitrogens with one attached hydrogen (secondary N) is 2. The van der Waals surface area contributed by atoms with Crippen molar-refractivity contribution < 1.29 is 36.5 Å². The quantitative estimate of drug-likeness (QED) is 0.232. The first-order valence-electron chi connectivity index (χ1n) is 13.9. The van der Waals surface area contributed by atoms with E-state index in [2.05, 4.69) is 25.6 Å². The number of aliphatic hydroxyl groups excluding tert-OH is 1. The summed E-state index contributed by atoms with van der Waals surface area (Å²) in [6.07, 6.45) is -3.16. The number of aromatic nitrogens is 3. The summed E-state index contributed by atoms with van der Waals surface area (Å²) in [4.78, 5) is 12.8. The Morgan fingerprint density at radius 3 is 2.45 bits per heavy atom. The summed E-state index contributed by atoms with van der Waals surface area (Å²) in [7, 11) is 0. The second-order valence-corrected chi connectivity index (χ2v) is 10.2. The Bertz CT molecular complexity index is 1440. The zero-order valence-corrected chi connectivity index (χ0v) is 23.9. The van der Waals surface area contributed by atoms with Gasteiger partial charge in [-0.25, -0.2) is 13.8 Å². The fourth-order valence-corrected chi connectivity index (χ4v) is 4.94. The van der Waals surface area contributed by atoms with Crippen LogP contribution in [-0.4, -0.2) is 58.0 Å². The lowest BCUT2D eigenvalue weighted by Gasteiger charge is -2.39. The van der Waals surface area contributed by atoms with Crippen molar-refractivity contribution in [1.29, 1.82) is 0 Å². The fraction of sp³-hybridized carbons (Fsp3) is 0.536. The average Bonchev–Trinajstić information content (AvgIpc) is 2.95. The number of anilines is 2. The minimum atomic E-state index is -5.06. The average molecular weight is 599 g/mol. The van der Waals surface area contributed by atoms with Gasteiger partial charge in [0.05, 0.1) is 24.0 Å². The molecule has 1 saturated carbocycles. The van der Waals surface area contributed by atoms with Crippen molar-refractivity contribution in [3.63, 3.8) is 0 Å². The number of rotatable bonds is 4. The van der Waals surface area contributed by atoms with Crippen molar-refractivity contribution in [1.82, 2.24) is 20.3 Å². The number of hydrogen-bond donors (Lipinski definition) is 4. The largest absolute Gasteiger partial charge is 0.474 e. The summed E-state index contributed by atoms with van der Waals surface area (Å²) in [6, 6.07) is 0.438. The third-order valence-corrected chi connectivity index (χ3v) is 7.29. The monoisotopic (exact) mass is 598 g/mol. The van der Waals surface area contributed by atoms with Crippen LogP contribution in [0.15, 0.2) is 6.07 Å². The van der Waals surface area contributed by atoms with Gasteiger partial charge in [0, 0.05) is 18.7 Å². The lowest BCUT2D eigenvalue weighted by molar-refractivity contribution is -0.137. The zero-order valence-electron chi connectivity index (χ0n) is 23.9. The van der Waals surface area contributed by atoms with Crippen LogP contribution >= 0.6 is 0 Å². The van der Waals surface area contributed by atoms with Gasteiger partial charge in [-0.15, -0.1) is 0 Å². The van der Waals surface area contributed by atoms with E-state index in [1.54, 1.807) is 6.92 Å². The first-order chi connectivity index (χ1) is 19.9. The summed E-state index contributed by atoms with van der Waals surface area (Å²) >= 11 is 0. The second-order valence-electron chi connectivity index (χ2n) is 10.2. The molecule has 3 aromatic rings. The number of pyridine rings is 1. The molecule has 1 aliphatic carbocycles. The molecule has 5 N–H and O–H groups in total. The Balaban J connectivity index is 0.00000198. The molecule has 230 valence electrons. The van der Waals surface area contributed by atoms with E-state index in [0.717, 1.165) is 13.3 Å². The minimum absolute atomic E-state index is 0.00868. The predicted octanol–water partition coefficient (Wildman–Crippen LogP) is 5.37. The maximum Gasteiger partial charge on any atom is 0.417 e. The summed E-state index contributed by atoms with van der Waals surface area (Å²) in [5, 5.41) is 16.2.